The van der Waals surface area contributed by atoms with Crippen LogP contribution >= 0.6 is 0 Å². The number of hydrogen-bond acceptors (Lipinski definition) is 3. The van der Waals surface area contributed by atoms with Gasteiger partial charge in [0.2, 0.25) is 5.91 Å². The van der Waals surface area contributed by atoms with Crippen LogP contribution in [0.3, 0.4) is 0 Å². The minimum atomic E-state index is -0.324. The van der Waals surface area contributed by atoms with E-state index < -0.39 is 0 Å². The number of aromatic nitrogens is 1. The molecular weight excluding hydrogens is 233 g/mol. The Bertz CT molecular complexity index is 436. The SMILES string of the molecule is CN(C)C(=O)C1CCCN(c2ncccc2F)C1. The summed E-state index contributed by atoms with van der Waals surface area (Å²) in [4.78, 5) is 19.5. The summed E-state index contributed by atoms with van der Waals surface area (Å²) in [5.74, 6) is 0.0791. The van der Waals surface area contributed by atoms with Gasteiger partial charge in [0.1, 0.15) is 0 Å². The highest BCUT2D eigenvalue weighted by Crippen LogP contribution is 2.24. The normalized spacial score (nSPS) is 19.7. The number of nitrogens with zero attached hydrogens (tertiary/aromatic N) is 3. The van der Waals surface area contributed by atoms with Crippen molar-refractivity contribution in [1.82, 2.24) is 9.88 Å². The summed E-state index contributed by atoms with van der Waals surface area (Å²) in [7, 11) is 3.51. The van der Waals surface area contributed by atoms with Gasteiger partial charge < -0.3 is 9.80 Å². The third-order valence-corrected chi connectivity index (χ3v) is 3.25. The Morgan fingerprint density at radius 2 is 2.33 bits per heavy atom. The van der Waals surface area contributed by atoms with Gasteiger partial charge in [-0.15, -0.1) is 0 Å². The molecule has 0 saturated carbocycles. The Morgan fingerprint density at radius 1 is 1.56 bits per heavy atom. The second kappa shape index (κ2) is 5.33. The molecule has 18 heavy (non-hydrogen) atoms. The van der Waals surface area contributed by atoms with Crippen LogP contribution in [0.2, 0.25) is 0 Å². The maximum atomic E-state index is 13.7. The van der Waals surface area contributed by atoms with Gasteiger partial charge in [0.15, 0.2) is 11.6 Å². The van der Waals surface area contributed by atoms with Crippen LogP contribution in [-0.2, 0) is 4.79 Å². The molecule has 0 spiro atoms. The van der Waals surface area contributed by atoms with E-state index in [2.05, 4.69) is 4.98 Å². The van der Waals surface area contributed by atoms with E-state index in [9.17, 15) is 9.18 Å². The van der Waals surface area contributed by atoms with E-state index in [4.69, 9.17) is 0 Å². The molecule has 0 N–H and O–H groups in total. The summed E-state index contributed by atoms with van der Waals surface area (Å²) in [6.07, 6.45) is 3.33. The number of amides is 1. The first-order valence-corrected chi connectivity index (χ1v) is 6.16. The van der Waals surface area contributed by atoms with Crippen molar-refractivity contribution < 1.29 is 9.18 Å². The first-order chi connectivity index (χ1) is 8.59. The van der Waals surface area contributed by atoms with Gasteiger partial charge in [-0.2, -0.15) is 0 Å². The molecule has 0 aliphatic carbocycles. The summed E-state index contributed by atoms with van der Waals surface area (Å²) in [6.45, 7) is 1.30. The predicted octanol–water partition coefficient (Wildman–Crippen LogP) is 1.53. The van der Waals surface area contributed by atoms with Crippen molar-refractivity contribution >= 4 is 11.7 Å². The zero-order valence-electron chi connectivity index (χ0n) is 10.8. The van der Waals surface area contributed by atoms with Gasteiger partial charge >= 0.3 is 0 Å². The fourth-order valence-corrected chi connectivity index (χ4v) is 2.35. The van der Waals surface area contributed by atoms with Gasteiger partial charge in [0.05, 0.1) is 5.92 Å². The molecule has 1 amide bonds. The molecule has 1 saturated heterocycles. The Morgan fingerprint density at radius 3 is 3.00 bits per heavy atom. The lowest BCUT2D eigenvalue weighted by Crippen LogP contribution is -2.43. The van der Waals surface area contributed by atoms with Crippen molar-refractivity contribution in [2.45, 2.75) is 12.8 Å². The molecule has 1 atom stereocenters. The maximum Gasteiger partial charge on any atom is 0.226 e. The number of anilines is 1. The first-order valence-electron chi connectivity index (χ1n) is 6.16. The quantitative estimate of drug-likeness (QED) is 0.799. The summed E-state index contributed by atoms with van der Waals surface area (Å²) in [5.41, 5.74) is 0. The fourth-order valence-electron chi connectivity index (χ4n) is 2.35. The van der Waals surface area contributed by atoms with Crippen molar-refractivity contribution in [2.24, 2.45) is 5.92 Å². The molecule has 1 aliphatic heterocycles. The molecule has 4 nitrogen and oxygen atoms in total. The van der Waals surface area contributed by atoms with Crippen LogP contribution in [0.25, 0.3) is 0 Å². The van der Waals surface area contributed by atoms with E-state index in [1.54, 1.807) is 31.3 Å². The van der Waals surface area contributed by atoms with Crippen molar-refractivity contribution in [1.29, 1.82) is 0 Å². The number of halogens is 1. The minimum absolute atomic E-state index is 0.0600. The molecular formula is C13H18FN3O. The lowest BCUT2D eigenvalue weighted by atomic mass is 9.97. The lowest BCUT2D eigenvalue weighted by Gasteiger charge is -2.34. The van der Waals surface area contributed by atoms with Crippen LogP contribution in [0.15, 0.2) is 18.3 Å². The average molecular weight is 251 g/mol. The molecule has 1 aliphatic rings. The van der Waals surface area contributed by atoms with Gasteiger partial charge in [-0.25, -0.2) is 9.37 Å². The number of piperidine rings is 1. The number of pyridine rings is 1. The highest BCUT2D eigenvalue weighted by molar-refractivity contribution is 5.79. The third kappa shape index (κ3) is 2.60. The van der Waals surface area contributed by atoms with Crippen molar-refractivity contribution in [3.8, 4) is 0 Å². The van der Waals surface area contributed by atoms with Crippen molar-refractivity contribution in [2.75, 3.05) is 32.1 Å². The van der Waals surface area contributed by atoms with Gasteiger partial charge in [-0.05, 0) is 25.0 Å². The Labute approximate surface area is 106 Å². The Balaban J connectivity index is 2.12. The van der Waals surface area contributed by atoms with E-state index in [0.29, 0.717) is 12.4 Å². The second-order valence-electron chi connectivity index (χ2n) is 4.83. The van der Waals surface area contributed by atoms with Crippen LogP contribution in [0.5, 0.6) is 0 Å². The predicted molar refractivity (Wildman–Crippen MR) is 67.8 cm³/mol. The van der Waals surface area contributed by atoms with Gasteiger partial charge in [-0.3, -0.25) is 4.79 Å². The van der Waals surface area contributed by atoms with Crippen LogP contribution < -0.4 is 4.90 Å². The summed E-state index contributed by atoms with van der Waals surface area (Å²) >= 11 is 0. The third-order valence-electron chi connectivity index (χ3n) is 3.25. The molecule has 1 unspecified atom stereocenters. The summed E-state index contributed by atoms with van der Waals surface area (Å²) in [5, 5.41) is 0. The summed E-state index contributed by atoms with van der Waals surface area (Å²) < 4.78 is 13.7. The fraction of sp³-hybridized carbons (Fsp3) is 0.538. The second-order valence-corrected chi connectivity index (χ2v) is 4.83. The molecule has 0 bridgehead atoms. The largest absolute Gasteiger partial charge is 0.353 e. The van der Waals surface area contributed by atoms with Crippen LogP contribution in [-0.4, -0.2) is 43.0 Å². The number of hydrogen-bond donors (Lipinski definition) is 0. The highest BCUT2D eigenvalue weighted by Gasteiger charge is 2.28. The smallest absolute Gasteiger partial charge is 0.226 e. The van der Waals surface area contributed by atoms with Gasteiger partial charge in [-0.1, -0.05) is 0 Å². The lowest BCUT2D eigenvalue weighted by molar-refractivity contribution is -0.133. The molecule has 2 rings (SSSR count). The van der Waals surface area contributed by atoms with E-state index in [0.717, 1.165) is 19.4 Å². The molecule has 0 aromatic carbocycles. The zero-order chi connectivity index (χ0) is 13.1. The van der Waals surface area contributed by atoms with E-state index >= 15 is 0 Å². The zero-order valence-corrected chi connectivity index (χ0v) is 10.8. The summed E-state index contributed by atoms with van der Waals surface area (Å²) in [6, 6.07) is 2.98. The van der Waals surface area contributed by atoms with Crippen molar-refractivity contribution in [3.63, 3.8) is 0 Å². The topological polar surface area (TPSA) is 36.4 Å². The maximum absolute atomic E-state index is 13.7. The Hall–Kier alpha value is -1.65. The standard InChI is InChI=1S/C13H18FN3O/c1-16(2)13(18)10-5-4-8-17(9-10)12-11(14)6-3-7-15-12/h3,6-7,10H,4-5,8-9H2,1-2H3. The van der Waals surface area contributed by atoms with E-state index in [1.807, 2.05) is 4.90 Å². The molecule has 1 aromatic heterocycles. The van der Waals surface area contributed by atoms with Gasteiger partial charge in [0, 0.05) is 33.4 Å². The molecule has 98 valence electrons. The molecule has 2 heterocycles. The molecule has 1 aromatic rings. The number of rotatable bonds is 2. The van der Waals surface area contributed by atoms with E-state index in [1.165, 1.54) is 6.07 Å². The first kappa shape index (κ1) is 12.8. The monoisotopic (exact) mass is 251 g/mol. The average Bonchev–Trinajstić information content (AvgIpc) is 2.38. The Kier molecular flexibility index (Phi) is 3.79. The van der Waals surface area contributed by atoms with Gasteiger partial charge in [0.25, 0.3) is 0 Å². The highest BCUT2D eigenvalue weighted by atomic mass is 19.1. The van der Waals surface area contributed by atoms with Crippen LogP contribution in [0, 0.1) is 11.7 Å². The van der Waals surface area contributed by atoms with E-state index in [-0.39, 0.29) is 17.6 Å². The molecule has 1 fully saturated rings. The molecule has 0 radical (unpaired) electrons. The van der Waals surface area contributed by atoms with Crippen LogP contribution in [0.4, 0.5) is 10.2 Å². The van der Waals surface area contributed by atoms with Crippen LogP contribution in [0.1, 0.15) is 12.8 Å². The minimum Gasteiger partial charge on any atom is -0.353 e. The van der Waals surface area contributed by atoms with Crippen molar-refractivity contribution in [3.05, 3.63) is 24.1 Å². The number of carbonyl (C=O) groups excluding carboxylic acids is 1. The molecule has 5 heteroatoms. The number of carbonyl (C=O) groups is 1.